The van der Waals surface area contributed by atoms with Crippen molar-refractivity contribution in [3.05, 3.63) is 381 Å². The monoisotopic (exact) mass is 2220 g/mol. The fourth-order valence-corrected chi connectivity index (χ4v) is 19.0. The highest BCUT2D eigenvalue weighted by Gasteiger charge is 2.31. The van der Waals surface area contributed by atoms with Crippen LogP contribution in [0.2, 0.25) is 15.1 Å². The number of thiophene rings is 1. The number of carbonyl (C=O) groups is 5. The lowest BCUT2D eigenvalue weighted by atomic mass is 10.1. The summed E-state index contributed by atoms with van der Waals surface area (Å²) in [6, 6.07) is 61.0. The molecule has 7 aromatic carbocycles. The fourth-order valence-electron chi connectivity index (χ4n) is 17.3. The summed E-state index contributed by atoms with van der Waals surface area (Å²) in [5.41, 5.74) is 12.5. The number of rotatable bonds is 38. The van der Waals surface area contributed by atoms with Crippen LogP contribution < -0.4 is 4.74 Å². The van der Waals surface area contributed by atoms with Gasteiger partial charge in [0, 0.05) is 128 Å². The predicted molar refractivity (Wildman–Crippen MR) is 587 cm³/mol. The second kappa shape index (κ2) is 54.3. The number of carbonyl (C=O) groups excluding carboxylic acids is 5. The number of hydrogen-bond donors (Lipinski definition) is 0. The summed E-state index contributed by atoms with van der Waals surface area (Å²) in [6.45, 7) is 24.1. The first-order valence-corrected chi connectivity index (χ1v) is 53.0. The highest BCUT2D eigenvalue weighted by atomic mass is 127. The molecule has 0 aliphatic rings. The molecule has 0 spiro atoms. The lowest BCUT2D eigenvalue weighted by Crippen LogP contribution is -2.33. The average molecular weight is 2220 g/mol. The highest BCUT2D eigenvalue weighted by Crippen LogP contribution is 2.32. The van der Waals surface area contributed by atoms with E-state index >= 15 is 0 Å². The Hall–Kier alpha value is -14.3. The number of pyridine rings is 5. The van der Waals surface area contributed by atoms with Crippen molar-refractivity contribution < 1.29 is 50.7 Å². The summed E-state index contributed by atoms with van der Waals surface area (Å²) in [4.78, 5) is 122. The summed E-state index contributed by atoms with van der Waals surface area (Å²) in [5.74, 6) is -1.04. The number of nitrogens with zero attached hydrogens (tertiary/aromatic N) is 20. The number of imidazole rings is 5. The summed E-state index contributed by atoms with van der Waals surface area (Å²) >= 11 is 21.9. The Bertz CT molecular complexity index is 7620. The minimum atomic E-state index is -1.24. The summed E-state index contributed by atoms with van der Waals surface area (Å²) < 4.78 is 85.6. The molecule has 0 N–H and O–H groups in total. The van der Waals surface area contributed by atoms with Crippen LogP contribution >= 0.6 is 68.7 Å². The molecule has 0 fully saturated rings. The van der Waals surface area contributed by atoms with E-state index in [9.17, 15) is 45.9 Å². The highest BCUT2D eigenvalue weighted by molar-refractivity contribution is 14.1. The Morgan fingerprint density at radius 1 is 0.353 bits per heavy atom. The third-order valence-electron chi connectivity index (χ3n) is 24.5. The molecular formula is C114H117Cl3F5IN20O6S. The van der Waals surface area contributed by atoms with Crippen molar-refractivity contribution in [1.29, 1.82) is 0 Å². The standard InChI is InChI=1S/C25H24FIN4O.C24H21F3N4O.C22H26Cl2N4O.C22H21FN4OS.C21H25ClN4O2/c1-3-13-31-23(29-22-5-4-12-28-24(22)31)16-30(15-18-7-10-20(26)11-8-18)25(32)19-9-6-17(2)21(27)14-19;1-2-11-31-21(29-20-9-6-10-28-23(20)31)15-30(14-16-7-4-3-5-8-16)24(32)22-18(26)12-17(25)13-19(22)27;1-3-5-6-13-27(22(29)16-9-10-17(23)18(24)14-16)15-20-26-19-8-7-11-25-21(19)28(20)12-4-2;1-2-12-27-20(25-18-5-3-11-24-21(18)27)15-26(22(28)19-6-4-13-29-19)14-16-7-9-17(23)10-8-16;1-4-11-25(21(27)16-13-15(22)8-9-18(16)28-3)14-19-24-17-7-6-10-23-20(17)26(19)12-5-2/h4-12,14H,3,13,15-16H2,1-2H3;3-10,12-13H,2,11,14-15H2,1H3;7-11,14H,3-6,12-13,15H2,1-2H3;3-11,13H,2,12,14-15H2,1H3;6-10,13H,4-5,11-12,14H2,1-3H3. The zero-order valence-electron chi connectivity index (χ0n) is 84.9. The van der Waals surface area contributed by atoms with Crippen molar-refractivity contribution in [3.8, 4) is 5.75 Å². The van der Waals surface area contributed by atoms with Gasteiger partial charge in [0.2, 0.25) is 0 Å². The Balaban J connectivity index is 0.000000148. The molecule has 0 saturated heterocycles. The number of ether oxygens (including phenoxy) is 1. The normalized spacial score (nSPS) is 11.1. The van der Waals surface area contributed by atoms with Gasteiger partial charge in [0.1, 0.15) is 97.1 Å². The minimum absolute atomic E-state index is 0.000341. The summed E-state index contributed by atoms with van der Waals surface area (Å²) in [7, 11) is 1.55. The largest absolute Gasteiger partial charge is 0.496 e. The van der Waals surface area contributed by atoms with Crippen LogP contribution in [0, 0.1) is 39.6 Å². The molecule has 0 unspecified atom stereocenters. The Kier molecular flexibility index (Phi) is 40.3. The van der Waals surface area contributed by atoms with Gasteiger partial charge in [-0.1, -0.05) is 163 Å². The van der Waals surface area contributed by atoms with Gasteiger partial charge in [0.05, 0.1) is 60.3 Å². The Morgan fingerprint density at radius 3 is 1.13 bits per heavy atom. The van der Waals surface area contributed by atoms with Crippen LogP contribution in [-0.4, -0.2) is 147 Å². The van der Waals surface area contributed by atoms with Crippen LogP contribution in [0.1, 0.15) is 209 Å². The number of fused-ring (bicyclic) bond motifs is 5. The molecule has 18 rings (SSSR count). The molecular weight excluding hydrogens is 2110 g/mol. The molecule has 36 heteroatoms. The number of methoxy groups -OCH3 is 1. The average Bonchev–Trinajstić information content (AvgIpc) is 1.54. The van der Waals surface area contributed by atoms with E-state index in [-0.39, 0.29) is 48.4 Å². The maximum Gasteiger partial charge on any atom is 0.264 e. The molecule has 11 aromatic heterocycles. The summed E-state index contributed by atoms with van der Waals surface area (Å²) in [5, 5.41) is 3.22. The van der Waals surface area contributed by atoms with Crippen LogP contribution in [-0.2, 0) is 85.1 Å². The topological polar surface area (TPSA) is 264 Å². The second-order valence-electron chi connectivity index (χ2n) is 35.7. The first kappa shape index (κ1) is 111. The van der Waals surface area contributed by atoms with E-state index < -0.39 is 28.9 Å². The first-order chi connectivity index (χ1) is 72.7. The van der Waals surface area contributed by atoms with Gasteiger partial charge in [-0.2, -0.15) is 0 Å². The molecule has 0 atom stereocenters. The van der Waals surface area contributed by atoms with E-state index in [4.69, 9.17) is 59.5 Å². The molecule has 0 aliphatic carbocycles. The van der Waals surface area contributed by atoms with Crippen molar-refractivity contribution in [3.63, 3.8) is 0 Å². The van der Waals surface area contributed by atoms with Crippen molar-refractivity contribution in [2.75, 3.05) is 20.2 Å². The molecule has 0 bridgehead atoms. The van der Waals surface area contributed by atoms with Crippen LogP contribution in [0.15, 0.2) is 255 Å². The van der Waals surface area contributed by atoms with E-state index in [1.165, 1.54) is 40.5 Å². The smallest absolute Gasteiger partial charge is 0.264 e. The third kappa shape index (κ3) is 28.5. The van der Waals surface area contributed by atoms with Gasteiger partial charge in [-0.3, -0.25) is 24.0 Å². The second-order valence-corrected chi connectivity index (χ2v) is 39.0. The van der Waals surface area contributed by atoms with Crippen LogP contribution in [0.3, 0.4) is 0 Å². The van der Waals surface area contributed by atoms with Gasteiger partial charge in [-0.15, -0.1) is 11.3 Å². The number of amides is 5. The Morgan fingerprint density at radius 2 is 0.740 bits per heavy atom. The van der Waals surface area contributed by atoms with Gasteiger partial charge in [-0.25, -0.2) is 71.8 Å². The lowest BCUT2D eigenvalue weighted by molar-refractivity contribution is 0.0708. The van der Waals surface area contributed by atoms with Gasteiger partial charge in [0.25, 0.3) is 29.5 Å². The van der Waals surface area contributed by atoms with Crippen molar-refractivity contribution in [2.45, 2.75) is 198 Å². The molecule has 778 valence electrons. The summed E-state index contributed by atoms with van der Waals surface area (Å²) in [6.07, 6.45) is 17.3. The van der Waals surface area contributed by atoms with Crippen LogP contribution in [0.25, 0.3) is 55.8 Å². The molecule has 26 nitrogen and oxygen atoms in total. The van der Waals surface area contributed by atoms with E-state index in [0.29, 0.717) is 130 Å². The van der Waals surface area contributed by atoms with E-state index in [2.05, 4.69) is 105 Å². The van der Waals surface area contributed by atoms with Gasteiger partial charge in [0.15, 0.2) is 28.2 Å². The third-order valence-corrected chi connectivity index (χ3v) is 27.5. The number of unbranched alkanes of at least 4 members (excludes halogenated alkanes) is 2. The molecule has 150 heavy (non-hydrogen) atoms. The minimum Gasteiger partial charge on any atom is -0.496 e. The Labute approximate surface area is 900 Å². The lowest BCUT2D eigenvalue weighted by Gasteiger charge is -2.23. The zero-order chi connectivity index (χ0) is 106. The number of aromatic nitrogens is 15. The van der Waals surface area contributed by atoms with Crippen LogP contribution in [0.5, 0.6) is 5.75 Å². The van der Waals surface area contributed by atoms with E-state index in [0.717, 1.165) is 178 Å². The molecule has 0 saturated carbocycles. The molecule has 0 aliphatic heterocycles. The van der Waals surface area contributed by atoms with Gasteiger partial charge >= 0.3 is 0 Å². The molecule has 18 aromatic rings. The fraction of sp³-hybridized carbons (Fsp3) is 0.289. The maximum atomic E-state index is 14.4. The molecule has 5 amide bonds. The number of aryl methyl sites for hydroxylation is 6. The number of benzene rings is 7. The number of hydrogen-bond acceptors (Lipinski definition) is 17. The van der Waals surface area contributed by atoms with Crippen molar-refractivity contribution in [2.24, 2.45) is 0 Å². The van der Waals surface area contributed by atoms with E-state index in [1.807, 2.05) is 151 Å². The van der Waals surface area contributed by atoms with Crippen LogP contribution in [0.4, 0.5) is 22.0 Å². The maximum absolute atomic E-state index is 14.4. The van der Waals surface area contributed by atoms with Gasteiger partial charge in [-0.05, 0) is 242 Å². The van der Waals surface area contributed by atoms with Crippen molar-refractivity contribution >= 4 is 154 Å². The zero-order valence-corrected chi connectivity index (χ0v) is 90.2. The predicted octanol–water partition coefficient (Wildman–Crippen LogP) is 26.3. The quantitative estimate of drug-likeness (QED) is 0.0198. The number of halogens is 9. The van der Waals surface area contributed by atoms with Gasteiger partial charge < -0.3 is 52.1 Å². The SMILES string of the molecule is CCCCCN(Cc1nc2cccnc2n1CCC)C(=O)c1ccc(Cl)c(Cl)c1.CCCN(Cc1nc2cccnc2n1CCC)C(=O)c1cc(Cl)ccc1OC.CCCn1c(CN(Cc2ccc(F)cc2)C(=O)c2ccc(C)c(I)c2)nc2cccnc21.CCCn1c(CN(Cc2ccc(F)cc2)C(=O)c2cccs2)nc2cccnc21.CCCn1c(CN(Cc2ccccc2)C(=O)c2c(F)cc(F)cc2F)nc2cccnc21. The van der Waals surface area contributed by atoms with E-state index in [1.54, 1.807) is 120 Å². The molecule has 11 heterocycles. The van der Waals surface area contributed by atoms with Crippen molar-refractivity contribution in [1.82, 2.24) is 97.2 Å². The first-order valence-electron chi connectivity index (χ1n) is 49.9. The molecule has 0 radical (unpaired) electrons.